The first-order valence-corrected chi connectivity index (χ1v) is 10.6. The van der Waals surface area contributed by atoms with Crippen molar-refractivity contribution in [2.75, 3.05) is 31.9 Å². The van der Waals surface area contributed by atoms with Crippen LogP contribution in [0.5, 0.6) is 0 Å². The van der Waals surface area contributed by atoms with Crippen molar-refractivity contribution in [1.29, 1.82) is 0 Å². The molecule has 0 radical (unpaired) electrons. The molecule has 148 valence electrons. The summed E-state index contributed by atoms with van der Waals surface area (Å²) in [4.78, 5) is 22.0. The van der Waals surface area contributed by atoms with Crippen LogP contribution in [0.1, 0.15) is 48.9 Å². The highest BCUT2D eigenvalue weighted by Crippen LogP contribution is 2.24. The van der Waals surface area contributed by atoms with Gasteiger partial charge in [0.05, 0.1) is 5.69 Å². The SMILES string of the molecule is Nc1ccnc(-c2ccc(C(=O)N3CCCN(C4CCCCC4)CC3)cc2)c1. The topological polar surface area (TPSA) is 62.5 Å². The van der Waals surface area contributed by atoms with Crippen LogP contribution in [-0.2, 0) is 0 Å². The van der Waals surface area contributed by atoms with Crippen LogP contribution in [0, 0.1) is 0 Å². The van der Waals surface area contributed by atoms with E-state index in [0.29, 0.717) is 5.69 Å². The average Bonchev–Trinajstić information content (AvgIpc) is 3.00. The van der Waals surface area contributed by atoms with Crippen LogP contribution in [0.15, 0.2) is 42.6 Å². The molecule has 28 heavy (non-hydrogen) atoms. The molecule has 2 N–H and O–H groups in total. The number of aromatic nitrogens is 1. The fraction of sp³-hybridized carbons (Fsp3) is 0.478. The van der Waals surface area contributed by atoms with Gasteiger partial charge in [0, 0.05) is 55.2 Å². The quantitative estimate of drug-likeness (QED) is 0.882. The van der Waals surface area contributed by atoms with Gasteiger partial charge in [-0.3, -0.25) is 14.7 Å². The molecule has 1 aromatic carbocycles. The monoisotopic (exact) mass is 378 g/mol. The highest BCUT2D eigenvalue weighted by Gasteiger charge is 2.25. The van der Waals surface area contributed by atoms with Crippen molar-refractivity contribution < 1.29 is 4.79 Å². The van der Waals surface area contributed by atoms with Crippen LogP contribution in [0.3, 0.4) is 0 Å². The van der Waals surface area contributed by atoms with Crippen molar-refractivity contribution in [3.8, 4) is 11.3 Å². The van der Waals surface area contributed by atoms with Crippen molar-refractivity contribution in [2.45, 2.75) is 44.6 Å². The van der Waals surface area contributed by atoms with Crippen LogP contribution < -0.4 is 5.73 Å². The Kier molecular flexibility index (Phi) is 5.91. The zero-order chi connectivity index (χ0) is 19.3. The van der Waals surface area contributed by atoms with Gasteiger partial charge in [0.15, 0.2) is 0 Å². The van der Waals surface area contributed by atoms with E-state index < -0.39 is 0 Å². The van der Waals surface area contributed by atoms with E-state index in [0.717, 1.165) is 55.5 Å². The van der Waals surface area contributed by atoms with Crippen molar-refractivity contribution in [3.63, 3.8) is 0 Å². The molecule has 1 saturated heterocycles. The Morgan fingerprint density at radius 2 is 1.71 bits per heavy atom. The van der Waals surface area contributed by atoms with E-state index in [1.807, 2.05) is 35.2 Å². The van der Waals surface area contributed by atoms with Crippen LogP contribution in [0.2, 0.25) is 0 Å². The Hall–Kier alpha value is -2.40. The summed E-state index contributed by atoms with van der Waals surface area (Å²) in [6.07, 6.45) is 9.53. The fourth-order valence-corrected chi connectivity index (χ4v) is 4.52. The van der Waals surface area contributed by atoms with Gasteiger partial charge < -0.3 is 10.6 Å². The first-order valence-electron chi connectivity index (χ1n) is 10.6. The molecule has 0 atom stereocenters. The summed E-state index contributed by atoms with van der Waals surface area (Å²) in [5, 5.41) is 0. The Labute approximate surface area is 167 Å². The smallest absolute Gasteiger partial charge is 0.253 e. The maximum atomic E-state index is 13.0. The predicted molar refractivity (Wildman–Crippen MR) is 113 cm³/mol. The minimum absolute atomic E-state index is 0.137. The minimum atomic E-state index is 0.137. The lowest BCUT2D eigenvalue weighted by molar-refractivity contribution is 0.0755. The number of amides is 1. The number of pyridine rings is 1. The Balaban J connectivity index is 1.40. The first-order chi connectivity index (χ1) is 13.7. The lowest BCUT2D eigenvalue weighted by Crippen LogP contribution is -2.40. The number of nitrogens with zero attached hydrogens (tertiary/aromatic N) is 3. The third kappa shape index (κ3) is 4.36. The molecular formula is C23H30N4O. The van der Waals surface area contributed by atoms with Crippen LogP contribution in [0.25, 0.3) is 11.3 Å². The second-order valence-corrected chi connectivity index (χ2v) is 8.03. The zero-order valence-electron chi connectivity index (χ0n) is 16.5. The molecule has 0 bridgehead atoms. The van der Waals surface area contributed by atoms with Gasteiger partial charge >= 0.3 is 0 Å². The second-order valence-electron chi connectivity index (χ2n) is 8.03. The molecule has 4 rings (SSSR count). The summed E-state index contributed by atoms with van der Waals surface area (Å²) in [5.41, 5.74) is 9.09. The molecule has 2 fully saturated rings. The minimum Gasteiger partial charge on any atom is -0.399 e. The summed E-state index contributed by atoms with van der Waals surface area (Å²) < 4.78 is 0. The van der Waals surface area contributed by atoms with Crippen molar-refractivity contribution in [3.05, 3.63) is 48.2 Å². The molecule has 1 aromatic heterocycles. The van der Waals surface area contributed by atoms with Gasteiger partial charge in [-0.05, 0) is 43.5 Å². The molecule has 1 saturated carbocycles. The third-order valence-electron chi connectivity index (χ3n) is 6.12. The van der Waals surface area contributed by atoms with E-state index >= 15 is 0 Å². The first kappa shape index (κ1) is 18.9. The Bertz CT molecular complexity index is 799. The number of carbonyl (C=O) groups is 1. The normalized spacial score (nSPS) is 19.4. The zero-order valence-corrected chi connectivity index (χ0v) is 16.5. The standard InChI is InChI=1S/C23H30N4O/c24-20-11-12-25-22(17-20)18-7-9-19(10-8-18)23(28)27-14-4-13-26(15-16-27)21-5-2-1-3-6-21/h7-12,17,21H,1-6,13-16H2,(H2,24,25). The molecular weight excluding hydrogens is 348 g/mol. The largest absolute Gasteiger partial charge is 0.399 e. The van der Waals surface area contributed by atoms with E-state index in [1.165, 1.54) is 32.1 Å². The molecule has 5 nitrogen and oxygen atoms in total. The molecule has 2 heterocycles. The van der Waals surface area contributed by atoms with Gasteiger partial charge in [-0.2, -0.15) is 0 Å². The van der Waals surface area contributed by atoms with Gasteiger partial charge in [0.25, 0.3) is 5.91 Å². The highest BCUT2D eigenvalue weighted by molar-refractivity contribution is 5.94. The highest BCUT2D eigenvalue weighted by atomic mass is 16.2. The summed E-state index contributed by atoms with van der Waals surface area (Å²) >= 11 is 0. The molecule has 0 unspecified atom stereocenters. The van der Waals surface area contributed by atoms with Crippen LogP contribution >= 0.6 is 0 Å². The lowest BCUT2D eigenvalue weighted by Gasteiger charge is -2.33. The van der Waals surface area contributed by atoms with E-state index in [4.69, 9.17) is 5.73 Å². The molecule has 1 aliphatic carbocycles. The number of carbonyl (C=O) groups excluding carboxylic acids is 1. The van der Waals surface area contributed by atoms with E-state index in [1.54, 1.807) is 12.3 Å². The lowest BCUT2D eigenvalue weighted by atomic mass is 9.94. The number of nitrogen functional groups attached to an aromatic ring is 1. The fourth-order valence-electron chi connectivity index (χ4n) is 4.52. The van der Waals surface area contributed by atoms with Crippen LogP contribution in [-0.4, -0.2) is 52.9 Å². The molecule has 1 aliphatic heterocycles. The Morgan fingerprint density at radius 3 is 2.46 bits per heavy atom. The van der Waals surface area contributed by atoms with Gasteiger partial charge in [-0.1, -0.05) is 31.4 Å². The summed E-state index contributed by atoms with van der Waals surface area (Å²) in [6, 6.07) is 12.1. The number of rotatable bonds is 3. The average molecular weight is 379 g/mol. The third-order valence-corrected chi connectivity index (χ3v) is 6.12. The molecule has 2 aromatic rings. The predicted octanol–water partition coefficient (Wildman–Crippen LogP) is 3.81. The molecule has 1 amide bonds. The van der Waals surface area contributed by atoms with Gasteiger partial charge in [-0.15, -0.1) is 0 Å². The van der Waals surface area contributed by atoms with E-state index in [2.05, 4.69) is 9.88 Å². The van der Waals surface area contributed by atoms with Crippen molar-refractivity contribution in [2.24, 2.45) is 0 Å². The molecule has 0 spiro atoms. The number of benzene rings is 1. The molecule has 2 aliphatic rings. The summed E-state index contributed by atoms with van der Waals surface area (Å²) in [7, 11) is 0. The van der Waals surface area contributed by atoms with Crippen molar-refractivity contribution in [1.82, 2.24) is 14.8 Å². The van der Waals surface area contributed by atoms with Crippen LogP contribution in [0.4, 0.5) is 5.69 Å². The van der Waals surface area contributed by atoms with E-state index in [-0.39, 0.29) is 5.91 Å². The van der Waals surface area contributed by atoms with Crippen molar-refractivity contribution >= 4 is 11.6 Å². The molecule has 5 heteroatoms. The summed E-state index contributed by atoms with van der Waals surface area (Å²) in [5.74, 6) is 0.137. The maximum absolute atomic E-state index is 13.0. The van der Waals surface area contributed by atoms with Gasteiger partial charge in [-0.25, -0.2) is 0 Å². The Morgan fingerprint density at radius 1 is 0.929 bits per heavy atom. The summed E-state index contributed by atoms with van der Waals surface area (Å²) in [6.45, 7) is 3.80. The van der Waals surface area contributed by atoms with E-state index in [9.17, 15) is 4.79 Å². The number of hydrogen-bond acceptors (Lipinski definition) is 4. The number of hydrogen-bond donors (Lipinski definition) is 1. The van der Waals surface area contributed by atoms with Gasteiger partial charge in [0.2, 0.25) is 0 Å². The maximum Gasteiger partial charge on any atom is 0.253 e. The number of anilines is 1. The number of nitrogens with two attached hydrogens (primary N) is 1. The van der Waals surface area contributed by atoms with Gasteiger partial charge in [0.1, 0.15) is 0 Å². The second kappa shape index (κ2) is 8.74.